The smallest absolute Gasteiger partial charge is 0.317 e. The van der Waals surface area contributed by atoms with Gasteiger partial charge in [0, 0.05) is 12.0 Å². The highest BCUT2D eigenvalue weighted by molar-refractivity contribution is 5.94. The van der Waals surface area contributed by atoms with Crippen molar-refractivity contribution < 1.29 is 18.0 Å². The Hall–Kier alpha value is -2.06. The molecule has 1 saturated heterocycles. The number of anilines is 1. The molecule has 1 aliphatic heterocycles. The van der Waals surface area contributed by atoms with Gasteiger partial charge in [0.25, 0.3) is 0 Å². The van der Waals surface area contributed by atoms with Crippen molar-refractivity contribution in [2.45, 2.75) is 32.4 Å². The summed E-state index contributed by atoms with van der Waals surface area (Å²) in [5, 5.41) is 10.3. The van der Waals surface area contributed by atoms with Gasteiger partial charge in [-0.05, 0) is 56.8 Å². The van der Waals surface area contributed by atoms with Crippen LogP contribution < -0.4 is 10.6 Å². The average Bonchev–Trinajstić information content (AvgIpc) is 3.19. The quantitative estimate of drug-likeness (QED) is 0.799. The van der Waals surface area contributed by atoms with Gasteiger partial charge >= 0.3 is 6.18 Å². The third kappa shape index (κ3) is 3.75. The van der Waals surface area contributed by atoms with Crippen LogP contribution in [0.25, 0.3) is 5.69 Å². The standard InChI is InChI=1S/C19H21F3N4O.ClH/c1-12-10-16(24-17(27)14-11-18(14)6-8-23-9-7-18)26(25-12)15-5-3-2-4-13(15)19(20,21)22;/h2-5,10,14,23H,6-9,11H2,1H3,(H,24,27);1H. The van der Waals surface area contributed by atoms with Gasteiger partial charge in [-0.3, -0.25) is 4.79 Å². The molecule has 9 heteroatoms. The second-order valence-electron chi connectivity index (χ2n) is 7.46. The lowest BCUT2D eigenvalue weighted by Gasteiger charge is -2.23. The van der Waals surface area contributed by atoms with Crippen molar-refractivity contribution in [2.24, 2.45) is 11.3 Å². The molecule has 1 aliphatic carbocycles. The van der Waals surface area contributed by atoms with Crippen molar-refractivity contribution in [3.05, 3.63) is 41.6 Å². The predicted octanol–water partition coefficient (Wildman–Crippen LogP) is 3.95. The Bertz CT molecular complexity index is 874. The minimum Gasteiger partial charge on any atom is -0.317 e. The van der Waals surface area contributed by atoms with Crippen molar-refractivity contribution in [1.82, 2.24) is 15.1 Å². The molecule has 1 saturated carbocycles. The summed E-state index contributed by atoms with van der Waals surface area (Å²) in [6, 6.07) is 6.84. The molecule has 152 valence electrons. The Balaban J connectivity index is 0.00000225. The van der Waals surface area contributed by atoms with E-state index in [0.717, 1.165) is 38.4 Å². The van der Waals surface area contributed by atoms with Crippen molar-refractivity contribution in [3.63, 3.8) is 0 Å². The number of hydrogen-bond donors (Lipinski definition) is 2. The lowest BCUT2D eigenvalue weighted by atomic mass is 9.92. The Morgan fingerprint density at radius 2 is 1.96 bits per heavy atom. The molecular weight excluding hydrogens is 393 g/mol. The highest BCUT2D eigenvalue weighted by Crippen LogP contribution is 2.58. The fraction of sp³-hybridized carbons (Fsp3) is 0.474. The summed E-state index contributed by atoms with van der Waals surface area (Å²) >= 11 is 0. The summed E-state index contributed by atoms with van der Waals surface area (Å²) in [5.41, 5.74) is -0.292. The van der Waals surface area contributed by atoms with E-state index >= 15 is 0 Å². The molecule has 1 aromatic heterocycles. The van der Waals surface area contributed by atoms with Gasteiger partial charge in [0.2, 0.25) is 5.91 Å². The van der Waals surface area contributed by atoms with Crippen LogP contribution in [-0.2, 0) is 11.0 Å². The highest BCUT2D eigenvalue weighted by Gasteiger charge is 2.57. The van der Waals surface area contributed by atoms with Gasteiger partial charge in [-0.1, -0.05) is 12.1 Å². The van der Waals surface area contributed by atoms with Gasteiger partial charge in [0.15, 0.2) is 0 Å². The van der Waals surface area contributed by atoms with Crippen LogP contribution in [0.5, 0.6) is 0 Å². The summed E-state index contributed by atoms with van der Waals surface area (Å²) in [6.45, 7) is 3.49. The van der Waals surface area contributed by atoms with Crippen molar-refractivity contribution in [1.29, 1.82) is 0 Å². The molecule has 0 bridgehead atoms. The second-order valence-corrected chi connectivity index (χ2v) is 7.46. The van der Waals surface area contributed by atoms with Crippen LogP contribution in [0.4, 0.5) is 19.0 Å². The molecule has 2 N–H and O–H groups in total. The average molecular weight is 415 g/mol. The fourth-order valence-corrected chi connectivity index (χ4v) is 4.08. The zero-order valence-electron chi connectivity index (χ0n) is 15.3. The highest BCUT2D eigenvalue weighted by atomic mass is 35.5. The number of aromatic nitrogens is 2. The monoisotopic (exact) mass is 414 g/mol. The summed E-state index contributed by atoms with van der Waals surface area (Å²) in [7, 11) is 0. The van der Waals surface area contributed by atoms with Crippen LogP contribution in [0.15, 0.2) is 30.3 Å². The summed E-state index contributed by atoms with van der Waals surface area (Å²) in [6.07, 6.45) is -1.75. The number of carbonyl (C=O) groups is 1. The Morgan fingerprint density at radius 3 is 2.64 bits per heavy atom. The van der Waals surface area contributed by atoms with Gasteiger partial charge in [-0.15, -0.1) is 12.4 Å². The molecule has 2 heterocycles. The van der Waals surface area contributed by atoms with E-state index in [1.165, 1.54) is 22.9 Å². The maximum atomic E-state index is 13.4. The van der Waals surface area contributed by atoms with Gasteiger partial charge in [-0.2, -0.15) is 18.3 Å². The lowest BCUT2D eigenvalue weighted by Crippen LogP contribution is -2.31. The molecule has 1 unspecified atom stereocenters. The number of hydrogen-bond acceptors (Lipinski definition) is 3. The molecule has 0 radical (unpaired) electrons. The number of halogens is 4. The Labute approximate surface area is 167 Å². The van der Waals surface area contributed by atoms with Crippen molar-refractivity contribution in [3.8, 4) is 5.69 Å². The first-order valence-corrected chi connectivity index (χ1v) is 9.05. The van der Waals surface area contributed by atoms with Crippen LogP contribution >= 0.6 is 12.4 Å². The first kappa shape index (κ1) is 20.7. The number of nitrogens with one attached hydrogen (secondary N) is 2. The van der Waals surface area contributed by atoms with Crippen LogP contribution in [0.2, 0.25) is 0 Å². The van der Waals surface area contributed by atoms with E-state index in [2.05, 4.69) is 15.7 Å². The Kier molecular flexibility index (Phi) is 5.46. The second kappa shape index (κ2) is 7.40. The lowest BCUT2D eigenvalue weighted by molar-refractivity contribution is -0.137. The number of carbonyl (C=O) groups excluding carboxylic acids is 1. The van der Waals surface area contributed by atoms with Gasteiger partial charge in [-0.25, -0.2) is 4.68 Å². The maximum Gasteiger partial charge on any atom is 0.418 e. The van der Waals surface area contributed by atoms with Gasteiger partial charge < -0.3 is 10.6 Å². The molecule has 1 amide bonds. The number of alkyl halides is 3. The van der Waals surface area contributed by atoms with E-state index in [1.54, 1.807) is 13.0 Å². The number of nitrogens with zero attached hydrogens (tertiary/aromatic N) is 2. The molecule has 2 fully saturated rings. The van der Waals surface area contributed by atoms with Crippen LogP contribution in [-0.4, -0.2) is 28.8 Å². The molecule has 2 aromatic rings. The van der Waals surface area contributed by atoms with E-state index in [-0.39, 0.29) is 41.2 Å². The van der Waals surface area contributed by atoms with E-state index in [0.29, 0.717) is 5.69 Å². The molecule has 4 rings (SSSR count). The van der Waals surface area contributed by atoms with Gasteiger partial charge in [0.1, 0.15) is 5.82 Å². The number of rotatable bonds is 3. The summed E-state index contributed by atoms with van der Waals surface area (Å²) in [5.74, 6) is 0.0499. The largest absolute Gasteiger partial charge is 0.418 e. The molecule has 2 aliphatic rings. The van der Waals surface area contributed by atoms with Crippen molar-refractivity contribution >= 4 is 24.1 Å². The van der Waals surface area contributed by atoms with E-state index in [4.69, 9.17) is 0 Å². The van der Waals surface area contributed by atoms with Crippen molar-refractivity contribution in [2.75, 3.05) is 18.4 Å². The molecule has 1 spiro atoms. The molecule has 5 nitrogen and oxygen atoms in total. The number of benzene rings is 1. The van der Waals surface area contributed by atoms with E-state index in [9.17, 15) is 18.0 Å². The van der Waals surface area contributed by atoms with E-state index in [1.807, 2.05) is 0 Å². The summed E-state index contributed by atoms with van der Waals surface area (Å²) in [4.78, 5) is 12.7. The molecule has 28 heavy (non-hydrogen) atoms. The third-order valence-corrected chi connectivity index (χ3v) is 5.63. The first-order chi connectivity index (χ1) is 12.8. The topological polar surface area (TPSA) is 59.0 Å². The maximum absolute atomic E-state index is 13.4. The molecular formula is C19H22ClF3N4O. The van der Waals surface area contributed by atoms with E-state index < -0.39 is 11.7 Å². The predicted molar refractivity (Wildman–Crippen MR) is 102 cm³/mol. The number of para-hydroxylation sites is 1. The SMILES string of the molecule is Cc1cc(NC(=O)C2CC23CCNCC3)n(-c2ccccc2C(F)(F)F)n1.Cl. The minimum atomic E-state index is -4.51. The third-order valence-electron chi connectivity index (χ3n) is 5.63. The molecule has 1 aromatic carbocycles. The fourth-order valence-electron chi connectivity index (χ4n) is 4.08. The first-order valence-electron chi connectivity index (χ1n) is 9.05. The van der Waals surface area contributed by atoms with Crippen LogP contribution in [0.3, 0.4) is 0 Å². The van der Waals surface area contributed by atoms with Crippen LogP contribution in [0, 0.1) is 18.3 Å². The number of piperidine rings is 1. The minimum absolute atomic E-state index is 0. The summed E-state index contributed by atoms with van der Waals surface area (Å²) < 4.78 is 41.3. The Morgan fingerprint density at radius 1 is 1.29 bits per heavy atom. The van der Waals surface area contributed by atoms with Gasteiger partial charge in [0.05, 0.1) is 16.9 Å². The number of amides is 1. The number of aryl methyl sites for hydroxylation is 1. The van der Waals surface area contributed by atoms with Crippen LogP contribution in [0.1, 0.15) is 30.5 Å². The zero-order chi connectivity index (χ0) is 19.2. The zero-order valence-corrected chi connectivity index (χ0v) is 16.2. The normalized spacial score (nSPS) is 20.5. The molecule has 1 atom stereocenters.